The molecule has 1 saturated heterocycles. The van der Waals surface area contributed by atoms with E-state index < -0.39 is 0 Å². The SMILES string of the molecule is C=CC(=O)Nc1ccc2c(N3CCC(Nc4cc5c(cn4)cnn5CC)C3)ncnc2c1. The number of aromatic nitrogens is 5. The molecule has 0 radical (unpaired) electrons. The van der Waals surface area contributed by atoms with Gasteiger partial charge in [0, 0.05) is 54.4 Å². The molecule has 9 heteroatoms. The highest BCUT2D eigenvalue weighted by Gasteiger charge is 2.25. The van der Waals surface area contributed by atoms with E-state index in [9.17, 15) is 4.79 Å². The number of carbonyl (C=O) groups excluding carboxylic acids is 1. The fourth-order valence-electron chi connectivity index (χ4n) is 4.15. The molecule has 1 amide bonds. The van der Waals surface area contributed by atoms with E-state index in [4.69, 9.17) is 0 Å². The fourth-order valence-corrected chi connectivity index (χ4v) is 4.15. The Hall–Kier alpha value is -4.01. The van der Waals surface area contributed by atoms with Crippen molar-refractivity contribution in [3.63, 3.8) is 0 Å². The van der Waals surface area contributed by atoms with Crippen LogP contribution in [-0.4, -0.2) is 49.8 Å². The van der Waals surface area contributed by atoms with Gasteiger partial charge < -0.3 is 15.5 Å². The summed E-state index contributed by atoms with van der Waals surface area (Å²) in [7, 11) is 0. The topological polar surface area (TPSA) is 101 Å². The van der Waals surface area contributed by atoms with Crippen LogP contribution in [0.5, 0.6) is 0 Å². The van der Waals surface area contributed by atoms with E-state index in [0.29, 0.717) is 5.69 Å². The van der Waals surface area contributed by atoms with Gasteiger partial charge in [-0.3, -0.25) is 9.48 Å². The number of nitrogens with one attached hydrogen (secondary N) is 2. The third kappa shape index (κ3) is 3.73. The van der Waals surface area contributed by atoms with Gasteiger partial charge in [0.2, 0.25) is 5.91 Å². The Bertz CT molecular complexity index is 1310. The van der Waals surface area contributed by atoms with Crippen LogP contribution in [0.15, 0.2) is 55.6 Å². The molecular weight excluding hydrogens is 404 g/mol. The fraction of sp³-hybridized carbons (Fsp3) is 0.261. The zero-order chi connectivity index (χ0) is 22.1. The zero-order valence-corrected chi connectivity index (χ0v) is 17.8. The quantitative estimate of drug-likeness (QED) is 0.455. The summed E-state index contributed by atoms with van der Waals surface area (Å²) in [6, 6.07) is 7.98. The van der Waals surface area contributed by atoms with Crippen LogP contribution in [0.3, 0.4) is 0 Å². The minimum Gasteiger partial charge on any atom is -0.365 e. The maximum atomic E-state index is 11.6. The van der Waals surface area contributed by atoms with Crippen LogP contribution < -0.4 is 15.5 Å². The molecule has 2 N–H and O–H groups in total. The van der Waals surface area contributed by atoms with Crippen LogP contribution in [-0.2, 0) is 11.3 Å². The number of nitrogens with zero attached hydrogens (tertiary/aromatic N) is 6. The molecule has 9 nitrogen and oxygen atoms in total. The van der Waals surface area contributed by atoms with Crippen LogP contribution in [0.4, 0.5) is 17.3 Å². The van der Waals surface area contributed by atoms with E-state index in [1.54, 1.807) is 6.33 Å². The molecule has 1 aromatic carbocycles. The summed E-state index contributed by atoms with van der Waals surface area (Å²) < 4.78 is 1.97. The van der Waals surface area contributed by atoms with Crippen molar-refractivity contribution in [1.82, 2.24) is 24.7 Å². The molecule has 5 rings (SSSR count). The first-order valence-corrected chi connectivity index (χ1v) is 10.7. The summed E-state index contributed by atoms with van der Waals surface area (Å²) in [5.41, 5.74) is 2.55. The van der Waals surface area contributed by atoms with E-state index in [-0.39, 0.29) is 11.9 Å². The van der Waals surface area contributed by atoms with Gasteiger partial charge in [0.1, 0.15) is 18.0 Å². The highest BCUT2D eigenvalue weighted by atomic mass is 16.1. The van der Waals surface area contributed by atoms with E-state index in [0.717, 1.165) is 59.5 Å². The molecule has 32 heavy (non-hydrogen) atoms. The van der Waals surface area contributed by atoms with Gasteiger partial charge in [-0.1, -0.05) is 6.58 Å². The minimum absolute atomic E-state index is 0.249. The van der Waals surface area contributed by atoms with Crippen LogP contribution in [0.2, 0.25) is 0 Å². The molecule has 1 fully saturated rings. The number of fused-ring (bicyclic) bond motifs is 2. The van der Waals surface area contributed by atoms with Gasteiger partial charge in [0.25, 0.3) is 0 Å². The second-order valence-electron chi connectivity index (χ2n) is 7.79. The van der Waals surface area contributed by atoms with Crippen LogP contribution in [0.1, 0.15) is 13.3 Å². The highest BCUT2D eigenvalue weighted by molar-refractivity contribution is 6.01. The minimum atomic E-state index is -0.249. The zero-order valence-electron chi connectivity index (χ0n) is 17.8. The van der Waals surface area contributed by atoms with Crippen LogP contribution in [0.25, 0.3) is 21.8 Å². The third-order valence-electron chi connectivity index (χ3n) is 5.73. The van der Waals surface area contributed by atoms with Gasteiger partial charge in [-0.25, -0.2) is 15.0 Å². The van der Waals surface area contributed by atoms with Crippen molar-refractivity contribution in [2.45, 2.75) is 25.9 Å². The molecule has 0 spiro atoms. The molecule has 1 unspecified atom stereocenters. The molecule has 1 aliphatic heterocycles. The number of amides is 1. The standard InChI is InChI=1S/C23H24N8O/c1-3-22(32)29-16-5-6-18-19(9-16)25-14-26-23(18)30-8-7-17(13-30)28-21-10-20-15(11-24-21)12-27-31(20)4-2/h3,5-6,9-12,14,17H,1,4,7-8,13H2,2H3,(H,24,28)(H,29,32). The second-order valence-corrected chi connectivity index (χ2v) is 7.79. The Morgan fingerprint density at radius 3 is 3.00 bits per heavy atom. The molecule has 1 atom stereocenters. The molecule has 162 valence electrons. The average molecular weight is 429 g/mol. The van der Waals surface area contributed by atoms with Crippen molar-refractivity contribution >= 4 is 45.0 Å². The largest absolute Gasteiger partial charge is 0.365 e. The molecule has 0 saturated carbocycles. The molecule has 4 heterocycles. The average Bonchev–Trinajstić information content (AvgIpc) is 3.45. The number of carbonyl (C=O) groups is 1. The summed E-state index contributed by atoms with van der Waals surface area (Å²) in [6.45, 7) is 8.08. The predicted octanol–water partition coefficient (Wildman–Crippen LogP) is 3.21. The molecule has 3 aromatic heterocycles. The number of hydrogen-bond acceptors (Lipinski definition) is 7. The van der Waals surface area contributed by atoms with Crippen molar-refractivity contribution in [3.8, 4) is 0 Å². The Kier molecular flexibility index (Phi) is 5.14. The van der Waals surface area contributed by atoms with Crippen LogP contribution in [0, 0.1) is 0 Å². The first-order chi connectivity index (χ1) is 15.6. The van der Waals surface area contributed by atoms with E-state index >= 15 is 0 Å². The lowest BCUT2D eigenvalue weighted by Crippen LogP contribution is -2.27. The van der Waals surface area contributed by atoms with Crippen molar-refractivity contribution in [2.24, 2.45) is 0 Å². The van der Waals surface area contributed by atoms with E-state index in [1.165, 1.54) is 6.08 Å². The lowest BCUT2D eigenvalue weighted by atomic mass is 10.2. The molecule has 0 aliphatic carbocycles. The van der Waals surface area contributed by atoms with Crippen molar-refractivity contribution < 1.29 is 4.79 Å². The molecule has 4 aromatic rings. The smallest absolute Gasteiger partial charge is 0.247 e. The van der Waals surface area contributed by atoms with Gasteiger partial charge in [-0.2, -0.15) is 5.10 Å². The Balaban J connectivity index is 1.34. The Morgan fingerprint density at radius 2 is 2.16 bits per heavy atom. The van der Waals surface area contributed by atoms with Gasteiger partial charge in [-0.15, -0.1) is 0 Å². The van der Waals surface area contributed by atoms with Crippen LogP contribution >= 0.6 is 0 Å². The van der Waals surface area contributed by atoms with Crippen molar-refractivity contribution in [1.29, 1.82) is 0 Å². The summed E-state index contributed by atoms with van der Waals surface area (Å²) in [5.74, 6) is 1.50. The summed E-state index contributed by atoms with van der Waals surface area (Å²) in [4.78, 5) is 27.3. The van der Waals surface area contributed by atoms with Crippen molar-refractivity contribution in [3.05, 3.63) is 55.6 Å². The summed E-state index contributed by atoms with van der Waals surface area (Å²) in [6.07, 6.45) is 7.51. The Labute approximate surface area is 185 Å². The number of benzene rings is 1. The Morgan fingerprint density at radius 1 is 1.25 bits per heavy atom. The molecule has 0 bridgehead atoms. The summed E-state index contributed by atoms with van der Waals surface area (Å²) in [5, 5.41) is 12.7. The number of rotatable bonds is 6. The van der Waals surface area contributed by atoms with Gasteiger partial charge in [0.05, 0.1) is 17.2 Å². The van der Waals surface area contributed by atoms with Gasteiger partial charge in [0.15, 0.2) is 0 Å². The third-order valence-corrected chi connectivity index (χ3v) is 5.73. The maximum Gasteiger partial charge on any atom is 0.247 e. The highest BCUT2D eigenvalue weighted by Crippen LogP contribution is 2.29. The number of aryl methyl sites for hydroxylation is 1. The number of anilines is 3. The maximum absolute atomic E-state index is 11.6. The first kappa shape index (κ1) is 19.9. The number of hydrogen-bond donors (Lipinski definition) is 2. The van der Waals surface area contributed by atoms with Crippen molar-refractivity contribution in [2.75, 3.05) is 28.6 Å². The van der Waals surface area contributed by atoms with Gasteiger partial charge >= 0.3 is 0 Å². The summed E-state index contributed by atoms with van der Waals surface area (Å²) >= 11 is 0. The second kappa shape index (κ2) is 8.26. The number of pyridine rings is 1. The predicted molar refractivity (Wildman–Crippen MR) is 126 cm³/mol. The molecule has 1 aliphatic rings. The monoisotopic (exact) mass is 428 g/mol. The van der Waals surface area contributed by atoms with E-state index in [1.807, 2.05) is 35.3 Å². The normalized spacial score (nSPS) is 15.9. The lowest BCUT2D eigenvalue weighted by Gasteiger charge is -2.20. The molecular formula is C23H24N8O. The lowest BCUT2D eigenvalue weighted by molar-refractivity contribution is -0.111. The van der Waals surface area contributed by atoms with Gasteiger partial charge in [-0.05, 0) is 37.6 Å². The van der Waals surface area contributed by atoms with E-state index in [2.05, 4.69) is 55.2 Å². The first-order valence-electron chi connectivity index (χ1n) is 10.7.